The van der Waals surface area contributed by atoms with E-state index >= 15 is 0 Å². The van der Waals surface area contributed by atoms with E-state index in [1.54, 1.807) is 11.8 Å². The second kappa shape index (κ2) is 6.38. The number of aromatic nitrogens is 2. The monoisotopic (exact) mass is 276 g/mol. The molecule has 2 rings (SSSR count). The highest BCUT2D eigenvalue weighted by atomic mass is 32.2. The number of para-hydroxylation sites is 1. The fourth-order valence-corrected chi connectivity index (χ4v) is 2.24. The van der Waals surface area contributed by atoms with Crippen molar-refractivity contribution in [2.45, 2.75) is 12.5 Å². The van der Waals surface area contributed by atoms with Crippen molar-refractivity contribution in [2.75, 3.05) is 17.3 Å². The molecule has 19 heavy (non-hydrogen) atoms. The maximum Gasteiger partial charge on any atom is 0.137 e. The standard InChI is InChI=1S/C13H15N3O2S/c1-19-7-6-11(13(17)18)16-12-9-4-2-3-5-10(9)14-8-15-12/h2-5,8,11H,6-7H2,1H3,(H,17,18)(H,14,15,16)/p-1/t11-/m0/s1. The number of nitrogens with one attached hydrogen (secondary N) is 1. The number of carboxylic acids is 1. The van der Waals surface area contributed by atoms with E-state index in [-0.39, 0.29) is 0 Å². The summed E-state index contributed by atoms with van der Waals surface area (Å²) in [5, 5.41) is 14.9. The number of hydrogen-bond acceptors (Lipinski definition) is 6. The van der Waals surface area contributed by atoms with Crippen molar-refractivity contribution in [1.82, 2.24) is 9.97 Å². The van der Waals surface area contributed by atoms with Gasteiger partial charge in [-0.05, 0) is 30.6 Å². The summed E-state index contributed by atoms with van der Waals surface area (Å²) in [4.78, 5) is 19.4. The molecule has 0 saturated heterocycles. The summed E-state index contributed by atoms with van der Waals surface area (Å²) in [6.45, 7) is 0. The van der Waals surface area contributed by atoms with E-state index in [9.17, 15) is 9.90 Å². The van der Waals surface area contributed by atoms with Gasteiger partial charge in [0.1, 0.15) is 12.1 Å². The number of rotatable bonds is 6. The number of nitrogens with zero attached hydrogens (tertiary/aromatic N) is 2. The van der Waals surface area contributed by atoms with Gasteiger partial charge >= 0.3 is 0 Å². The lowest BCUT2D eigenvalue weighted by atomic mass is 10.2. The van der Waals surface area contributed by atoms with Crippen LogP contribution in [0.3, 0.4) is 0 Å². The number of benzene rings is 1. The lowest BCUT2D eigenvalue weighted by Gasteiger charge is -2.20. The Morgan fingerprint density at radius 1 is 1.42 bits per heavy atom. The first kappa shape index (κ1) is 13.6. The Morgan fingerprint density at radius 2 is 2.21 bits per heavy atom. The first-order valence-corrected chi connectivity index (χ1v) is 7.28. The molecule has 1 heterocycles. The molecule has 1 aromatic carbocycles. The van der Waals surface area contributed by atoms with Crippen molar-refractivity contribution in [3.05, 3.63) is 30.6 Å². The predicted octanol–water partition coefficient (Wildman–Crippen LogP) is 0.913. The summed E-state index contributed by atoms with van der Waals surface area (Å²) >= 11 is 1.60. The molecule has 1 aromatic heterocycles. The molecule has 0 bridgehead atoms. The van der Waals surface area contributed by atoms with E-state index in [1.165, 1.54) is 6.33 Å². The maximum atomic E-state index is 11.1. The van der Waals surface area contributed by atoms with Crippen LogP contribution in [-0.4, -0.2) is 34.0 Å². The van der Waals surface area contributed by atoms with Crippen molar-refractivity contribution < 1.29 is 9.90 Å². The van der Waals surface area contributed by atoms with Gasteiger partial charge in [0.05, 0.1) is 17.5 Å². The molecule has 6 heteroatoms. The molecule has 1 atom stereocenters. The smallest absolute Gasteiger partial charge is 0.137 e. The summed E-state index contributed by atoms with van der Waals surface area (Å²) < 4.78 is 0. The number of carbonyl (C=O) groups excluding carboxylic acids is 1. The van der Waals surface area contributed by atoms with Gasteiger partial charge in [0.25, 0.3) is 0 Å². The van der Waals surface area contributed by atoms with Crippen LogP contribution < -0.4 is 10.4 Å². The zero-order valence-electron chi connectivity index (χ0n) is 10.5. The fourth-order valence-electron chi connectivity index (χ4n) is 1.77. The number of thioether (sulfide) groups is 1. The van der Waals surface area contributed by atoms with Crippen molar-refractivity contribution in [2.24, 2.45) is 0 Å². The number of hydrogen-bond donors (Lipinski definition) is 1. The topological polar surface area (TPSA) is 77.9 Å². The van der Waals surface area contributed by atoms with Crippen LogP contribution in [0.2, 0.25) is 0 Å². The Kier molecular flexibility index (Phi) is 4.57. The van der Waals surface area contributed by atoms with Crippen LogP contribution in [0, 0.1) is 0 Å². The van der Waals surface area contributed by atoms with E-state index in [0.717, 1.165) is 16.7 Å². The minimum atomic E-state index is -1.11. The minimum absolute atomic E-state index is 0.488. The fraction of sp³-hybridized carbons (Fsp3) is 0.308. The highest BCUT2D eigenvalue weighted by Crippen LogP contribution is 2.19. The highest BCUT2D eigenvalue weighted by molar-refractivity contribution is 7.98. The van der Waals surface area contributed by atoms with Crippen LogP contribution in [0.15, 0.2) is 30.6 Å². The molecule has 0 spiro atoms. The van der Waals surface area contributed by atoms with E-state index in [2.05, 4.69) is 15.3 Å². The number of carboxylic acid groups (broad SMARTS) is 1. The third-order valence-electron chi connectivity index (χ3n) is 2.75. The van der Waals surface area contributed by atoms with E-state index in [0.29, 0.717) is 12.2 Å². The average Bonchev–Trinajstić information content (AvgIpc) is 2.43. The van der Waals surface area contributed by atoms with Crippen LogP contribution in [0.1, 0.15) is 6.42 Å². The quantitative estimate of drug-likeness (QED) is 0.845. The lowest BCUT2D eigenvalue weighted by Crippen LogP contribution is -2.41. The SMILES string of the molecule is CSCC[C@H](Nc1ncnc2ccccc12)C(=O)[O-]. The molecule has 100 valence electrons. The number of aliphatic carboxylic acids is 1. The molecule has 0 amide bonds. The molecule has 5 nitrogen and oxygen atoms in total. The molecule has 1 N–H and O–H groups in total. The average molecular weight is 276 g/mol. The molecule has 0 saturated carbocycles. The Labute approximate surface area is 115 Å². The molecule has 0 aliphatic heterocycles. The van der Waals surface area contributed by atoms with Gasteiger partial charge in [0.15, 0.2) is 0 Å². The van der Waals surface area contributed by atoms with Gasteiger partial charge in [-0.1, -0.05) is 12.1 Å². The van der Waals surface area contributed by atoms with Crippen molar-refractivity contribution in [1.29, 1.82) is 0 Å². The van der Waals surface area contributed by atoms with Crippen molar-refractivity contribution >= 4 is 34.5 Å². The van der Waals surface area contributed by atoms with Crippen LogP contribution >= 0.6 is 11.8 Å². The van der Waals surface area contributed by atoms with Gasteiger partial charge in [-0.25, -0.2) is 9.97 Å². The zero-order valence-corrected chi connectivity index (χ0v) is 11.3. The second-order valence-electron chi connectivity index (χ2n) is 4.04. The summed E-state index contributed by atoms with van der Waals surface area (Å²) in [7, 11) is 0. The highest BCUT2D eigenvalue weighted by Gasteiger charge is 2.12. The van der Waals surface area contributed by atoms with E-state index in [4.69, 9.17) is 0 Å². The van der Waals surface area contributed by atoms with E-state index < -0.39 is 12.0 Å². The van der Waals surface area contributed by atoms with Crippen LogP contribution in [-0.2, 0) is 4.79 Å². The van der Waals surface area contributed by atoms with Gasteiger partial charge in [0, 0.05) is 5.39 Å². The molecular formula is C13H14N3O2S-. The number of fused-ring (bicyclic) bond motifs is 1. The third-order valence-corrected chi connectivity index (χ3v) is 3.39. The first-order valence-electron chi connectivity index (χ1n) is 5.88. The van der Waals surface area contributed by atoms with Crippen LogP contribution in [0.5, 0.6) is 0 Å². The second-order valence-corrected chi connectivity index (χ2v) is 5.02. The molecule has 0 unspecified atom stereocenters. The van der Waals surface area contributed by atoms with Gasteiger partial charge in [0.2, 0.25) is 0 Å². The summed E-state index contributed by atoms with van der Waals surface area (Å²) in [6, 6.07) is 6.72. The third kappa shape index (κ3) is 3.35. The Balaban J connectivity index is 2.26. The van der Waals surface area contributed by atoms with Crippen LogP contribution in [0.25, 0.3) is 10.9 Å². The Morgan fingerprint density at radius 3 is 2.95 bits per heavy atom. The number of anilines is 1. The maximum absolute atomic E-state index is 11.1. The largest absolute Gasteiger partial charge is 0.548 e. The zero-order chi connectivity index (χ0) is 13.7. The Hall–Kier alpha value is -1.82. The van der Waals surface area contributed by atoms with Gasteiger partial charge in [-0.15, -0.1) is 0 Å². The normalized spacial score (nSPS) is 12.3. The molecule has 0 fully saturated rings. The van der Waals surface area contributed by atoms with E-state index in [1.807, 2.05) is 30.5 Å². The predicted molar refractivity (Wildman–Crippen MR) is 75.0 cm³/mol. The van der Waals surface area contributed by atoms with Gasteiger partial charge in [-0.2, -0.15) is 11.8 Å². The summed E-state index contributed by atoms with van der Waals surface area (Å²) in [5.74, 6) is 0.159. The first-order chi connectivity index (χ1) is 9.22. The molecule has 2 aromatic rings. The van der Waals surface area contributed by atoms with Crippen molar-refractivity contribution in [3.8, 4) is 0 Å². The van der Waals surface area contributed by atoms with Crippen molar-refractivity contribution in [3.63, 3.8) is 0 Å². The summed E-state index contributed by atoms with van der Waals surface area (Å²) in [5.41, 5.74) is 0.780. The molecule has 0 aliphatic rings. The lowest BCUT2D eigenvalue weighted by molar-refractivity contribution is -0.306. The Bertz CT molecular complexity index is 571. The number of carbonyl (C=O) groups is 1. The molecule has 0 aliphatic carbocycles. The summed E-state index contributed by atoms with van der Waals surface area (Å²) in [6.07, 6.45) is 3.85. The van der Waals surface area contributed by atoms with Gasteiger partial charge < -0.3 is 15.2 Å². The molecule has 0 radical (unpaired) electrons. The molecular weight excluding hydrogens is 262 g/mol. The van der Waals surface area contributed by atoms with Gasteiger partial charge in [-0.3, -0.25) is 0 Å². The minimum Gasteiger partial charge on any atom is -0.548 e. The van der Waals surface area contributed by atoms with Crippen LogP contribution in [0.4, 0.5) is 5.82 Å².